The van der Waals surface area contributed by atoms with Crippen LogP contribution in [-0.2, 0) is 12.7 Å². The normalized spacial score (nSPS) is 21.2. The van der Waals surface area contributed by atoms with Crippen LogP contribution in [0.4, 0.5) is 0 Å². The smallest absolute Gasteiger partial charge is 0.227 e. The van der Waals surface area contributed by atoms with Crippen LogP contribution in [0.15, 0.2) is 53.2 Å². The minimum atomic E-state index is -1.58. The van der Waals surface area contributed by atoms with Gasteiger partial charge in [-0.3, -0.25) is 4.98 Å². The Bertz CT molecular complexity index is 1200. The molecule has 0 aliphatic heterocycles. The highest BCUT2D eigenvalue weighted by molar-refractivity contribution is 6.08. The molecule has 0 radical (unpaired) electrons. The number of aromatic nitrogens is 2. The van der Waals surface area contributed by atoms with Gasteiger partial charge in [0.15, 0.2) is 0 Å². The first kappa shape index (κ1) is 9.46. The van der Waals surface area contributed by atoms with E-state index in [2.05, 4.69) is 9.97 Å². The number of para-hydroxylation sites is 1. The summed E-state index contributed by atoms with van der Waals surface area (Å²) in [6, 6.07) is 11.2. The minimum Gasteiger partial charge on any atom is -0.437 e. The number of benzene rings is 1. The number of furan rings is 1. The van der Waals surface area contributed by atoms with E-state index in [-0.39, 0.29) is 12.8 Å². The molecular weight excluding hydrogens is 284 g/mol. The van der Waals surface area contributed by atoms with E-state index in [1.165, 1.54) is 6.20 Å². The molecule has 3 aromatic heterocycles. The van der Waals surface area contributed by atoms with Crippen LogP contribution in [0.2, 0.25) is 0 Å². The Kier molecular flexibility index (Phi) is 2.02. The summed E-state index contributed by atoms with van der Waals surface area (Å²) in [7, 11) is 0. The molecule has 3 heteroatoms. The number of aryl methyl sites for hydroxylation is 2. The summed E-state index contributed by atoms with van der Waals surface area (Å²) < 4.78 is 39.0. The Morgan fingerprint density at radius 1 is 0.957 bits per heavy atom. The molecule has 0 spiro atoms. The Hall–Kier alpha value is -2.68. The van der Waals surface area contributed by atoms with Gasteiger partial charge in [-0.1, -0.05) is 12.1 Å². The van der Waals surface area contributed by atoms with Crippen LogP contribution >= 0.6 is 0 Å². The van der Waals surface area contributed by atoms with Crippen LogP contribution in [0.1, 0.15) is 29.5 Å². The van der Waals surface area contributed by atoms with Gasteiger partial charge in [0.25, 0.3) is 0 Å². The molecule has 0 saturated carbocycles. The van der Waals surface area contributed by atoms with E-state index in [9.17, 15) is 0 Å². The van der Waals surface area contributed by atoms with E-state index >= 15 is 0 Å². The Morgan fingerprint density at radius 3 is 2.78 bits per heavy atom. The predicted octanol–water partition coefficient (Wildman–Crippen LogP) is 4.92. The van der Waals surface area contributed by atoms with Crippen molar-refractivity contribution in [3.63, 3.8) is 0 Å². The van der Waals surface area contributed by atoms with Crippen molar-refractivity contribution in [2.24, 2.45) is 0 Å². The Morgan fingerprint density at radius 2 is 1.83 bits per heavy atom. The molecule has 1 aromatic carbocycles. The zero-order valence-corrected chi connectivity index (χ0v) is 12.3. The largest absolute Gasteiger partial charge is 0.437 e. The predicted molar refractivity (Wildman–Crippen MR) is 91.4 cm³/mol. The SMILES string of the molecule is [2H]C1([2H])CCC([2H])([2H])c2cc(-c3cccc4c3oc3ncccc34)ncc21. The van der Waals surface area contributed by atoms with Gasteiger partial charge in [-0.15, -0.1) is 0 Å². The van der Waals surface area contributed by atoms with E-state index in [4.69, 9.17) is 9.90 Å². The van der Waals surface area contributed by atoms with E-state index in [0.29, 0.717) is 28.1 Å². The maximum absolute atomic E-state index is 8.33. The number of pyridine rings is 2. The fourth-order valence-corrected chi connectivity index (χ4v) is 3.12. The molecule has 1 aliphatic carbocycles. The summed E-state index contributed by atoms with van der Waals surface area (Å²) in [6.07, 6.45) is 0.303. The quantitative estimate of drug-likeness (QED) is 0.501. The monoisotopic (exact) mass is 304 g/mol. The Labute approximate surface area is 139 Å². The molecule has 0 unspecified atom stereocenters. The molecule has 0 saturated heterocycles. The summed E-state index contributed by atoms with van der Waals surface area (Å²) in [4.78, 5) is 8.73. The third kappa shape index (κ3) is 1.96. The number of rotatable bonds is 1. The van der Waals surface area contributed by atoms with Crippen LogP contribution < -0.4 is 0 Å². The first-order chi connectivity index (χ1) is 12.9. The molecule has 3 nitrogen and oxygen atoms in total. The second-order valence-electron chi connectivity index (χ2n) is 5.61. The van der Waals surface area contributed by atoms with Gasteiger partial charge in [0.05, 0.1) is 5.69 Å². The summed E-state index contributed by atoms with van der Waals surface area (Å²) in [6.45, 7) is 0. The summed E-state index contributed by atoms with van der Waals surface area (Å²) in [5.41, 5.74) is 3.22. The van der Waals surface area contributed by atoms with E-state index in [1.54, 1.807) is 12.3 Å². The lowest BCUT2D eigenvalue weighted by Crippen LogP contribution is -2.03. The third-order valence-corrected chi connectivity index (χ3v) is 4.21. The summed E-state index contributed by atoms with van der Waals surface area (Å²) >= 11 is 0. The molecular formula is C20H16N2O. The molecule has 5 rings (SSSR count). The van der Waals surface area contributed by atoms with Crippen molar-refractivity contribution < 1.29 is 9.90 Å². The van der Waals surface area contributed by atoms with Gasteiger partial charge in [-0.2, -0.15) is 0 Å². The maximum atomic E-state index is 8.33. The van der Waals surface area contributed by atoms with Crippen molar-refractivity contribution in [2.45, 2.75) is 25.6 Å². The molecule has 23 heavy (non-hydrogen) atoms. The first-order valence-electron chi connectivity index (χ1n) is 9.64. The van der Waals surface area contributed by atoms with Crippen LogP contribution in [0.3, 0.4) is 0 Å². The van der Waals surface area contributed by atoms with Crippen LogP contribution in [0.5, 0.6) is 0 Å². The van der Waals surface area contributed by atoms with Gasteiger partial charge in [0, 0.05) is 34.2 Å². The lowest BCUT2D eigenvalue weighted by atomic mass is 9.92. The fourth-order valence-electron chi connectivity index (χ4n) is 3.12. The molecule has 0 atom stereocenters. The maximum Gasteiger partial charge on any atom is 0.227 e. The van der Waals surface area contributed by atoms with Crippen molar-refractivity contribution in [2.75, 3.05) is 0 Å². The highest BCUT2D eigenvalue weighted by atomic mass is 16.3. The highest BCUT2D eigenvalue weighted by Gasteiger charge is 2.15. The van der Waals surface area contributed by atoms with E-state index < -0.39 is 12.7 Å². The lowest BCUT2D eigenvalue weighted by Gasteiger charge is -2.15. The van der Waals surface area contributed by atoms with Crippen molar-refractivity contribution in [1.82, 2.24) is 9.97 Å². The van der Waals surface area contributed by atoms with Crippen LogP contribution in [0.25, 0.3) is 33.3 Å². The molecule has 0 bridgehead atoms. The van der Waals surface area contributed by atoms with E-state index in [1.807, 2.05) is 30.3 Å². The molecule has 3 heterocycles. The summed E-state index contributed by atoms with van der Waals surface area (Å²) in [5, 5.41) is 1.84. The molecule has 0 amide bonds. The average molecular weight is 304 g/mol. The van der Waals surface area contributed by atoms with Crippen LogP contribution in [-0.4, -0.2) is 9.97 Å². The molecule has 112 valence electrons. The van der Waals surface area contributed by atoms with Gasteiger partial charge < -0.3 is 4.42 Å². The van der Waals surface area contributed by atoms with Crippen molar-refractivity contribution >= 4 is 22.1 Å². The van der Waals surface area contributed by atoms with Crippen molar-refractivity contribution in [1.29, 1.82) is 0 Å². The second kappa shape index (κ2) is 4.92. The van der Waals surface area contributed by atoms with Crippen molar-refractivity contribution in [3.05, 3.63) is 59.9 Å². The molecule has 1 aliphatic rings. The zero-order valence-electron chi connectivity index (χ0n) is 16.3. The van der Waals surface area contributed by atoms with Gasteiger partial charge in [0.2, 0.25) is 5.71 Å². The Balaban J connectivity index is 1.77. The first-order valence-corrected chi connectivity index (χ1v) is 7.64. The number of nitrogens with zero attached hydrogens (tertiary/aromatic N) is 2. The fraction of sp³-hybridized carbons (Fsp3) is 0.200. The van der Waals surface area contributed by atoms with Gasteiger partial charge in [0.1, 0.15) is 5.58 Å². The number of fused-ring (bicyclic) bond motifs is 4. The minimum absolute atomic E-state index is 0.148. The van der Waals surface area contributed by atoms with E-state index in [0.717, 1.165) is 16.3 Å². The standard InChI is InChI=1S/C20H16N2O/c1-2-6-14-12-22-18(11-13(14)5-1)17-8-3-7-15-16-9-4-10-21-20(16)23-19(15)17/h3-4,7-12H,1-2,5-6H2/i5D2,6D2. The number of hydrogen-bond donors (Lipinski definition) is 0. The topological polar surface area (TPSA) is 38.9 Å². The van der Waals surface area contributed by atoms with Gasteiger partial charge >= 0.3 is 0 Å². The van der Waals surface area contributed by atoms with Crippen molar-refractivity contribution in [3.8, 4) is 11.3 Å². The molecule has 4 aromatic rings. The lowest BCUT2D eigenvalue weighted by molar-refractivity contribution is 0.654. The average Bonchev–Trinajstić information content (AvgIpc) is 3.04. The third-order valence-electron chi connectivity index (χ3n) is 4.21. The molecule has 0 N–H and O–H groups in total. The zero-order chi connectivity index (χ0) is 18.8. The second-order valence-corrected chi connectivity index (χ2v) is 5.61. The van der Waals surface area contributed by atoms with Gasteiger partial charge in [-0.05, 0) is 61.0 Å². The van der Waals surface area contributed by atoms with Crippen LogP contribution in [0, 0.1) is 0 Å². The molecule has 0 fully saturated rings. The van der Waals surface area contributed by atoms with Gasteiger partial charge in [-0.25, -0.2) is 4.98 Å². The highest BCUT2D eigenvalue weighted by Crippen LogP contribution is 2.35. The number of hydrogen-bond acceptors (Lipinski definition) is 3. The summed E-state index contributed by atoms with van der Waals surface area (Å²) in [5.74, 6) is 0.